The molecule has 0 aliphatic rings. The summed E-state index contributed by atoms with van der Waals surface area (Å²) in [6.07, 6.45) is 0.738. The Labute approximate surface area is 114 Å². The molecule has 3 heteroatoms. The van der Waals surface area contributed by atoms with Gasteiger partial charge in [0, 0.05) is 12.6 Å². The van der Waals surface area contributed by atoms with Gasteiger partial charge in [0.05, 0.1) is 0 Å². The second-order valence-corrected chi connectivity index (χ2v) is 4.58. The highest BCUT2D eigenvalue weighted by molar-refractivity contribution is 5.34. The smallest absolute Gasteiger partial charge is 0.123 e. The van der Waals surface area contributed by atoms with Crippen molar-refractivity contribution in [1.82, 2.24) is 0 Å². The number of benzene rings is 2. The van der Waals surface area contributed by atoms with E-state index in [1.165, 1.54) is 0 Å². The highest BCUT2D eigenvalue weighted by atomic mass is 16.5. The Morgan fingerprint density at radius 3 is 2.37 bits per heavy atom. The molecule has 0 radical (unpaired) electrons. The third-order valence-electron chi connectivity index (χ3n) is 2.99. The van der Waals surface area contributed by atoms with Crippen LogP contribution in [0, 0.1) is 0 Å². The molecule has 0 fully saturated rings. The molecule has 0 aliphatic heterocycles. The molecular formula is C16H20N2O. The van der Waals surface area contributed by atoms with Crippen LogP contribution in [0.15, 0.2) is 54.6 Å². The van der Waals surface area contributed by atoms with Gasteiger partial charge in [-0.25, -0.2) is 0 Å². The molecule has 2 aromatic rings. The standard InChI is InChI=1S/C16H20N2O/c17-11-15(18)10-14-8-4-5-9-16(14)19-12-13-6-2-1-3-7-13/h1-9,15H,10-12,17-18H2. The van der Waals surface area contributed by atoms with Crippen LogP contribution in [-0.2, 0) is 13.0 Å². The molecular weight excluding hydrogens is 236 g/mol. The zero-order chi connectivity index (χ0) is 13.5. The maximum Gasteiger partial charge on any atom is 0.123 e. The Bertz CT molecular complexity index is 499. The Balaban J connectivity index is 2.03. The lowest BCUT2D eigenvalue weighted by Crippen LogP contribution is -2.31. The third kappa shape index (κ3) is 4.09. The van der Waals surface area contributed by atoms with Gasteiger partial charge in [-0.2, -0.15) is 0 Å². The zero-order valence-corrected chi connectivity index (χ0v) is 11.0. The van der Waals surface area contributed by atoms with Crippen molar-refractivity contribution >= 4 is 0 Å². The summed E-state index contributed by atoms with van der Waals surface area (Å²) in [7, 11) is 0. The van der Waals surface area contributed by atoms with E-state index in [0.717, 1.165) is 23.3 Å². The molecule has 1 atom stereocenters. The molecule has 0 amide bonds. The summed E-state index contributed by atoms with van der Waals surface area (Å²) in [5, 5.41) is 0. The summed E-state index contributed by atoms with van der Waals surface area (Å²) < 4.78 is 5.87. The molecule has 0 aliphatic carbocycles. The molecule has 0 bridgehead atoms. The SMILES string of the molecule is NCC(N)Cc1ccccc1OCc1ccccc1. The summed E-state index contributed by atoms with van der Waals surface area (Å²) in [4.78, 5) is 0. The molecule has 0 heterocycles. The van der Waals surface area contributed by atoms with Crippen LogP contribution in [0.2, 0.25) is 0 Å². The summed E-state index contributed by atoms with van der Waals surface area (Å²) in [5.74, 6) is 0.884. The van der Waals surface area contributed by atoms with Crippen LogP contribution in [-0.4, -0.2) is 12.6 Å². The monoisotopic (exact) mass is 256 g/mol. The minimum absolute atomic E-state index is 0.0264. The van der Waals surface area contributed by atoms with E-state index in [-0.39, 0.29) is 6.04 Å². The third-order valence-corrected chi connectivity index (χ3v) is 2.99. The molecule has 19 heavy (non-hydrogen) atoms. The molecule has 4 N–H and O–H groups in total. The summed E-state index contributed by atoms with van der Waals surface area (Å²) >= 11 is 0. The summed E-state index contributed by atoms with van der Waals surface area (Å²) in [5.41, 5.74) is 13.7. The highest BCUT2D eigenvalue weighted by Crippen LogP contribution is 2.20. The molecule has 0 saturated heterocycles. The van der Waals surface area contributed by atoms with Gasteiger partial charge >= 0.3 is 0 Å². The lowest BCUT2D eigenvalue weighted by atomic mass is 10.1. The fourth-order valence-corrected chi connectivity index (χ4v) is 1.91. The fraction of sp³-hybridized carbons (Fsp3) is 0.250. The number of hydrogen-bond acceptors (Lipinski definition) is 3. The maximum atomic E-state index is 5.90. The van der Waals surface area contributed by atoms with Crippen molar-refractivity contribution in [2.24, 2.45) is 11.5 Å². The number of nitrogens with two attached hydrogens (primary N) is 2. The van der Waals surface area contributed by atoms with E-state index < -0.39 is 0 Å². The van der Waals surface area contributed by atoms with Crippen LogP contribution >= 0.6 is 0 Å². The molecule has 2 rings (SSSR count). The van der Waals surface area contributed by atoms with Crippen molar-refractivity contribution in [2.45, 2.75) is 19.1 Å². The van der Waals surface area contributed by atoms with Gasteiger partial charge in [-0.3, -0.25) is 0 Å². The van der Waals surface area contributed by atoms with Gasteiger partial charge in [-0.05, 0) is 23.6 Å². The van der Waals surface area contributed by atoms with Gasteiger partial charge in [0.25, 0.3) is 0 Å². The predicted molar refractivity (Wildman–Crippen MR) is 77.9 cm³/mol. The Morgan fingerprint density at radius 1 is 0.947 bits per heavy atom. The van der Waals surface area contributed by atoms with E-state index in [0.29, 0.717) is 13.2 Å². The minimum atomic E-state index is -0.0264. The second-order valence-electron chi connectivity index (χ2n) is 4.58. The maximum absolute atomic E-state index is 5.90. The average molecular weight is 256 g/mol. The molecule has 0 saturated carbocycles. The first-order valence-electron chi connectivity index (χ1n) is 6.50. The van der Waals surface area contributed by atoms with Gasteiger partial charge in [-0.15, -0.1) is 0 Å². The van der Waals surface area contributed by atoms with Crippen LogP contribution in [0.3, 0.4) is 0 Å². The van der Waals surface area contributed by atoms with Crippen molar-refractivity contribution < 1.29 is 4.74 Å². The number of hydrogen-bond donors (Lipinski definition) is 2. The van der Waals surface area contributed by atoms with Crippen molar-refractivity contribution in [3.63, 3.8) is 0 Å². The van der Waals surface area contributed by atoms with Crippen molar-refractivity contribution in [2.75, 3.05) is 6.54 Å². The number of ether oxygens (including phenoxy) is 1. The predicted octanol–water partition coefficient (Wildman–Crippen LogP) is 2.09. The molecule has 0 spiro atoms. The van der Waals surface area contributed by atoms with E-state index in [9.17, 15) is 0 Å². The molecule has 2 aromatic carbocycles. The zero-order valence-electron chi connectivity index (χ0n) is 11.0. The number of rotatable bonds is 6. The summed E-state index contributed by atoms with van der Waals surface area (Å²) in [6.45, 7) is 1.04. The first-order chi connectivity index (χ1) is 9.29. The van der Waals surface area contributed by atoms with Crippen LogP contribution < -0.4 is 16.2 Å². The Kier molecular flexibility index (Phi) is 4.95. The molecule has 0 aromatic heterocycles. The average Bonchev–Trinajstić information content (AvgIpc) is 2.47. The van der Waals surface area contributed by atoms with E-state index in [2.05, 4.69) is 0 Å². The van der Waals surface area contributed by atoms with Crippen molar-refractivity contribution in [3.8, 4) is 5.75 Å². The van der Waals surface area contributed by atoms with Gasteiger partial charge < -0.3 is 16.2 Å². The fourth-order valence-electron chi connectivity index (χ4n) is 1.91. The minimum Gasteiger partial charge on any atom is -0.489 e. The van der Waals surface area contributed by atoms with Crippen molar-refractivity contribution in [1.29, 1.82) is 0 Å². The van der Waals surface area contributed by atoms with Gasteiger partial charge in [-0.1, -0.05) is 48.5 Å². The Hall–Kier alpha value is -1.84. The topological polar surface area (TPSA) is 61.3 Å². The van der Waals surface area contributed by atoms with Gasteiger partial charge in [0.1, 0.15) is 12.4 Å². The summed E-state index contributed by atoms with van der Waals surface area (Å²) in [6, 6.07) is 18.1. The largest absolute Gasteiger partial charge is 0.489 e. The number of para-hydroxylation sites is 1. The van der Waals surface area contributed by atoms with Crippen LogP contribution in [0.4, 0.5) is 0 Å². The first-order valence-corrected chi connectivity index (χ1v) is 6.50. The van der Waals surface area contributed by atoms with E-state index in [4.69, 9.17) is 16.2 Å². The van der Waals surface area contributed by atoms with Crippen LogP contribution in [0.5, 0.6) is 5.75 Å². The Morgan fingerprint density at radius 2 is 1.63 bits per heavy atom. The molecule has 3 nitrogen and oxygen atoms in total. The normalized spacial score (nSPS) is 12.1. The van der Waals surface area contributed by atoms with E-state index >= 15 is 0 Å². The lowest BCUT2D eigenvalue weighted by molar-refractivity contribution is 0.302. The lowest BCUT2D eigenvalue weighted by Gasteiger charge is -2.14. The second kappa shape index (κ2) is 6.92. The molecule has 100 valence electrons. The molecule has 1 unspecified atom stereocenters. The van der Waals surface area contributed by atoms with E-state index in [1.807, 2.05) is 54.6 Å². The van der Waals surface area contributed by atoms with Crippen LogP contribution in [0.25, 0.3) is 0 Å². The first kappa shape index (κ1) is 13.6. The van der Waals surface area contributed by atoms with Crippen molar-refractivity contribution in [3.05, 3.63) is 65.7 Å². The highest BCUT2D eigenvalue weighted by Gasteiger charge is 2.07. The van der Waals surface area contributed by atoms with Gasteiger partial charge in [0.2, 0.25) is 0 Å². The van der Waals surface area contributed by atoms with Gasteiger partial charge in [0.15, 0.2) is 0 Å². The van der Waals surface area contributed by atoms with Crippen LogP contribution in [0.1, 0.15) is 11.1 Å². The van der Waals surface area contributed by atoms with E-state index in [1.54, 1.807) is 0 Å². The quantitative estimate of drug-likeness (QED) is 0.832.